The number of imidazole rings is 1. The van der Waals surface area contributed by atoms with Crippen LogP contribution >= 0.6 is 0 Å². The van der Waals surface area contributed by atoms with Gasteiger partial charge in [0.1, 0.15) is 5.71 Å². The van der Waals surface area contributed by atoms with Gasteiger partial charge in [0.2, 0.25) is 0 Å². The molecule has 0 bridgehead atoms. The van der Waals surface area contributed by atoms with E-state index < -0.39 is 5.97 Å². The number of ether oxygens (including phenoxy) is 1. The van der Waals surface area contributed by atoms with Gasteiger partial charge in [-0.2, -0.15) is 0 Å². The van der Waals surface area contributed by atoms with E-state index in [0.29, 0.717) is 0 Å². The van der Waals surface area contributed by atoms with Crippen molar-refractivity contribution in [1.82, 2.24) is 14.5 Å². The summed E-state index contributed by atoms with van der Waals surface area (Å²) >= 11 is 0. The Balaban J connectivity index is 1.67. The second-order valence-corrected chi connectivity index (χ2v) is 8.29. The topological polar surface area (TPSA) is 91.2 Å². The molecule has 1 aromatic heterocycles. The second-order valence-electron chi connectivity index (χ2n) is 8.29. The van der Waals surface area contributed by atoms with Crippen LogP contribution in [0.15, 0.2) is 23.0 Å². The van der Waals surface area contributed by atoms with E-state index in [1.165, 1.54) is 0 Å². The number of carbonyl (C=O) groups is 1. The van der Waals surface area contributed by atoms with E-state index in [9.17, 15) is 9.59 Å². The van der Waals surface area contributed by atoms with Crippen LogP contribution in [-0.2, 0) is 9.53 Å². The molecule has 0 amide bonds. The summed E-state index contributed by atoms with van der Waals surface area (Å²) in [5.74, 6) is 1.58. The maximum Gasteiger partial charge on any atom is 0.352 e. The molecule has 0 radical (unpaired) electrons. The lowest BCUT2D eigenvalue weighted by molar-refractivity contribution is -0.134. The fraction of sp³-hybridized carbons (Fsp3) is 0.500. The van der Waals surface area contributed by atoms with E-state index in [-0.39, 0.29) is 36.0 Å². The van der Waals surface area contributed by atoms with Crippen LogP contribution in [0.2, 0.25) is 0 Å². The number of fused-ring (bicyclic) bond motifs is 1. The van der Waals surface area contributed by atoms with Gasteiger partial charge in [-0.3, -0.25) is 14.9 Å². The Morgan fingerprint density at radius 2 is 2.07 bits per heavy atom. The first-order valence-electron chi connectivity index (χ1n) is 9.87. The number of hydrogen-bond donors (Lipinski definition) is 2. The first-order valence-corrected chi connectivity index (χ1v) is 9.87. The van der Waals surface area contributed by atoms with E-state index in [1.807, 2.05) is 43.5 Å². The number of esters is 1. The lowest BCUT2D eigenvalue weighted by atomic mass is 9.91. The molecule has 2 aromatic rings. The van der Waals surface area contributed by atoms with Gasteiger partial charge in [0.25, 0.3) is 0 Å². The summed E-state index contributed by atoms with van der Waals surface area (Å²) in [4.78, 5) is 29.6. The summed E-state index contributed by atoms with van der Waals surface area (Å²) in [6.07, 6.45) is 7.04. The zero-order chi connectivity index (χ0) is 21.2. The Kier molecular flexibility index (Phi) is 5.94. The maximum atomic E-state index is 12.5. The van der Waals surface area contributed by atoms with Crippen molar-refractivity contribution >= 4 is 22.7 Å². The van der Waals surface area contributed by atoms with Gasteiger partial charge >= 0.3 is 11.7 Å². The van der Waals surface area contributed by atoms with Crippen LogP contribution in [0.25, 0.3) is 11.0 Å². The number of rotatable bonds is 6. The highest BCUT2D eigenvalue weighted by atomic mass is 16.5. The highest BCUT2D eigenvalue weighted by Crippen LogP contribution is 2.30. The Morgan fingerprint density at radius 1 is 1.38 bits per heavy atom. The van der Waals surface area contributed by atoms with Crippen LogP contribution in [0, 0.1) is 24.7 Å². The molecule has 0 aliphatic carbocycles. The normalized spacial score (nSPS) is 15.9. The summed E-state index contributed by atoms with van der Waals surface area (Å²) in [6, 6.07) is 6.15. The van der Waals surface area contributed by atoms with Gasteiger partial charge in [-0.1, -0.05) is 12.0 Å². The molecule has 0 saturated carbocycles. The van der Waals surface area contributed by atoms with Gasteiger partial charge < -0.3 is 9.72 Å². The van der Waals surface area contributed by atoms with Gasteiger partial charge in [0.15, 0.2) is 6.61 Å². The number of likely N-dealkylation sites (tertiary alicyclic amines) is 1. The minimum absolute atomic E-state index is 0.0682. The predicted octanol–water partition coefficient (Wildman–Crippen LogP) is 2.64. The molecular weight excluding hydrogens is 368 g/mol. The molecule has 2 N–H and O–H groups in total. The summed E-state index contributed by atoms with van der Waals surface area (Å²) in [7, 11) is 0. The first kappa shape index (κ1) is 20.9. The number of benzene rings is 1. The van der Waals surface area contributed by atoms with Crippen molar-refractivity contribution in [2.45, 2.75) is 51.6 Å². The fourth-order valence-electron chi connectivity index (χ4n) is 4.15. The Labute approximate surface area is 170 Å². The number of aryl methyl sites for hydroxylation is 1. The summed E-state index contributed by atoms with van der Waals surface area (Å²) in [5.41, 5.74) is 2.43. The van der Waals surface area contributed by atoms with E-state index in [1.54, 1.807) is 0 Å². The molecule has 1 aliphatic rings. The van der Waals surface area contributed by atoms with Crippen molar-refractivity contribution in [3.63, 3.8) is 0 Å². The average molecular weight is 396 g/mol. The SMILES string of the molecule is C#CCOC(=O)C(=N)CC(C)(C)N1CCC(n2c(=O)[nH]c3cc(C)ccc32)CC1. The fourth-order valence-corrected chi connectivity index (χ4v) is 4.15. The molecule has 7 heteroatoms. The van der Waals surface area contributed by atoms with Gasteiger partial charge in [-0.15, -0.1) is 6.42 Å². The quantitative estimate of drug-likeness (QED) is 0.446. The van der Waals surface area contributed by atoms with Crippen LogP contribution in [0.1, 0.15) is 44.7 Å². The average Bonchev–Trinajstić information content (AvgIpc) is 3.00. The third-order valence-electron chi connectivity index (χ3n) is 5.70. The van der Waals surface area contributed by atoms with Gasteiger partial charge in [-0.05, 0) is 51.3 Å². The number of nitrogens with zero attached hydrogens (tertiary/aromatic N) is 2. The minimum atomic E-state index is -0.661. The zero-order valence-corrected chi connectivity index (χ0v) is 17.2. The van der Waals surface area contributed by atoms with Gasteiger partial charge in [0.05, 0.1) is 11.0 Å². The molecule has 3 rings (SSSR count). The van der Waals surface area contributed by atoms with Crippen molar-refractivity contribution < 1.29 is 9.53 Å². The Hall–Kier alpha value is -2.85. The Morgan fingerprint density at radius 3 is 2.72 bits per heavy atom. The van der Waals surface area contributed by atoms with Crippen molar-refractivity contribution in [1.29, 1.82) is 5.41 Å². The monoisotopic (exact) mass is 396 g/mol. The Bertz CT molecular complexity index is 1020. The number of hydrogen-bond acceptors (Lipinski definition) is 5. The van der Waals surface area contributed by atoms with Crippen LogP contribution in [-0.4, -0.2) is 51.4 Å². The van der Waals surface area contributed by atoms with E-state index in [4.69, 9.17) is 16.6 Å². The van der Waals surface area contributed by atoms with Gasteiger partial charge in [0, 0.05) is 31.1 Å². The molecule has 154 valence electrons. The standard InChI is InChI=1S/C22H28N4O3/c1-5-12-29-20(27)17(23)14-22(3,4)25-10-8-16(9-11-25)26-19-7-6-15(2)13-18(19)24-21(26)28/h1,6-7,13,16,23H,8-12,14H2,2-4H3,(H,24,28). The number of nitrogens with one attached hydrogen (secondary N) is 2. The maximum absolute atomic E-state index is 12.5. The molecule has 0 atom stereocenters. The summed E-state index contributed by atoms with van der Waals surface area (Å²) < 4.78 is 6.73. The second kappa shape index (κ2) is 8.26. The molecule has 0 spiro atoms. The highest BCUT2D eigenvalue weighted by molar-refractivity contribution is 6.35. The molecule has 1 aromatic carbocycles. The molecule has 29 heavy (non-hydrogen) atoms. The number of aromatic nitrogens is 2. The van der Waals surface area contributed by atoms with Crippen LogP contribution in [0.4, 0.5) is 0 Å². The van der Waals surface area contributed by atoms with Crippen LogP contribution in [0.5, 0.6) is 0 Å². The molecule has 0 unspecified atom stereocenters. The van der Waals surface area contributed by atoms with Crippen molar-refractivity contribution in [2.24, 2.45) is 0 Å². The van der Waals surface area contributed by atoms with Crippen LogP contribution in [0.3, 0.4) is 0 Å². The van der Waals surface area contributed by atoms with E-state index in [0.717, 1.165) is 42.5 Å². The molecule has 1 aliphatic heterocycles. The smallest absolute Gasteiger partial charge is 0.352 e. The number of terminal acetylenes is 1. The largest absolute Gasteiger partial charge is 0.448 e. The number of aromatic amines is 1. The number of piperidine rings is 1. The summed E-state index contributed by atoms with van der Waals surface area (Å²) in [5, 5.41) is 8.02. The van der Waals surface area contributed by atoms with E-state index in [2.05, 4.69) is 15.8 Å². The summed E-state index contributed by atoms with van der Waals surface area (Å²) in [6.45, 7) is 7.51. The predicted molar refractivity (Wildman–Crippen MR) is 113 cm³/mol. The minimum Gasteiger partial charge on any atom is -0.448 e. The third kappa shape index (κ3) is 4.43. The number of carbonyl (C=O) groups excluding carboxylic acids is 1. The van der Waals surface area contributed by atoms with Crippen molar-refractivity contribution in [3.05, 3.63) is 34.2 Å². The molecule has 1 saturated heterocycles. The number of H-pyrrole nitrogens is 1. The van der Waals surface area contributed by atoms with Crippen LogP contribution < -0.4 is 5.69 Å². The van der Waals surface area contributed by atoms with E-state index >= 15 is 0 Å². The van der Waals surface area contributed by atoms with Gasteiger partial charge in [-0.25, -0.2) is 9.59 Å². The molecular formula is C22H28N4O3. The highest BCUT2D eigenvalue weighted by Gasteiger charge is 2.34. The lowest BCUT2D eigenvalue weighted by Crippen LogP contribution is -2.50. The van der Waals surface area contributed by atoms with Crippen molar-refractivity contribution in [3.8, 4) is 12.3 Å². The zero-order valence-electron chi connectivity index (χ0n) is 17.2. The molecule has 1 fully saturated rings. The van der Waals surface area contributed by atoms with Crippen molar-refractivity contribution in [2.75, 3.05) is 19.7 Å². The molecule has 2 heterocycles. The lowest BCUT2D eigenvalue weighted by Gasteiger charge is -2.43. The first-order chi connectivity index (χ1) is 13.7. The molecule has 7 nitrogen and oxygen atoms in total. The third-order valence-corrected chi connectivity index (χ3v) is 5.70.